The van der Waals surface area contributed by atoms with Crippen LogP contribution in [-0.2, 0) is 0 Å². The monoisotopic (exact) mass is 241 g/mol. The Morgan fingerprint density at radius 1 is 1.23 bits per heavy atom. The zero-order valence-corrected chi connectivity index (χ0v) is 8.05. The number of hydrogen-bond donors (Lipinski definition) is 1. The molecule has 0 amide bonds. The normalized spacial score (nSPS) is 10.3. The first-order chi connectivity index (χ1) is 6.25. The standard InChI is InChI=1S/C8H5BrFN3/c9-5-1-2-6(11-3-5)8-12-4-7(10)13-8/h1-4H,(H,12,13). The fourth-order valence-electron chi connectivity index (χ4n) is 0.945. The van der Waals surface area contributed by atoms with E-state index in [2.05, 4.69) is 30.9 Å². The third-order valence-corrected chi connectivity index (χ3v) is 1.98. The summed E-state index contributed by atoms with van der Waals surface area (Å²) in [6, 6.07) is 3.57. The van der Waals surface area contributed by atoms with Crippen molar-refractivity contribution in [3.63, 3.8) is 0 Å². The van der Waals surface area contributed by atoms with Gasteiger partial charge in [0.15, 0.2) is 5.82 Å². The molecule has 0 unspecified atom stereocenters. The van der Waals surface area contributed by atoms with Crippen LogP contribution in [0.25, 0.3) is 11.5 Å². The molecule has 3 nitrogen and oxygen atoms in total. The molecule has 0 aliphatic heterocycles. The van der Waals surface area contributed by atoms with Crippen molar-refractivity contribution in [2.75, 3.05) is 0 Å². The van der Waals surface area contributed by atoms with Gasteiger partial charge < -0.3 is 4.98 Å². The van der Waals surface area contributed by atoms with Crippen molar-refractivity contribution in [2.45, 2.75) is 0 Å². The van der Waals surface area contributed by atoms with Gasteiger partial charge in [-0.3, -0.25) is 4.98 Å². The molecule has 0 saturated heterocycles. The van der Waals surface area contributed by atoms with Crippen LogP contribution in [0, 0.1) is 5.95 Å². The second-order valence-electron chi connectivity index (χ2n) is 2.44. The van der Waals surface area contributed by atoms with Crippen LogP contribution in [-0.4, -0.2) is 15.0 Å². The predicted octanol–water partition coefficient (Wildman–Crippen LogP) is 2.37. The molecule has 5 heteroatoms. The molecule has 2 heterocycles. The zero-order chi connectivity index (χ0) is 9.26. The second-order valence-corrected chi connectivity index (χ2v) is 3.36. The molecule has 0 fully saturated rings. The molecular formula is C8H5BrFN3. The summed E-state index contributed by atoms with van der Waals surface area (Å²) >= 11 is 3.26. The Balaban J connectivity index is 2.41. The molecule has 13 heavy (non-hydrogen) atoms. The minimum Gasteiger partial charge on any atom is -0.314 e. The fraction of sp³-hybridized carbons (Fsp3) is 0. The quantitative estimate of drug-likeness (QED) is 0.833. The van der Waals surface area contributed by atoms with E-state index >= 15 is 0 Å². The summed E-state index contributed by atoms with van der Waals surface area (Å²) in [5.41, 5.74) is 0.618. The molecule has 0 bridgehead atoms. The molecule has 1 N–H and O–H groups in total. The van der Waals surface area contributed by atoms with Gasteiger partial charge >= 0.3 is 0 Å². The number of H-pyrrole nitrogens is 1. The Morgan fingerprint density at radius 2 is 2.08 bits per heavy atom. The maximum Gasteiger partial charge on any atom is 0.211 e. The molecule has 0 saturated carbocycles. The summed E-state index contributed by atoms with van der Waals surface area (Å²) in [6.45, 7) is 0. The largest absolute Gasteiger partial charge is 0.314 e. The Bertz CT molecular complexity index is 410. The van der Waals surface area contributed by atoms with E-state index in [1.54, 1.807) is 12.3 Å². The lowest BCUT2D eigenvalue weighted by atomic mass is 10.3. The Labute approximate surface area is 82.2 Å². The molecule has 0 spiro atoms. The van der Waals surface area contributed by atoms with Crippen LogP contribution >= 0.6 is 15.9 Å². The minimum atomic E-state index is -0.459. The van der Waals surface area contributed by atoms with Crippen LogP contribution in [0.2, 0.25) is 0 Å². The Hall–Kier alpha value is -1.23. The summed E-state index contributed by atoms with van der Waals surface area (Å²) in [5, 5.41) is 0. The molecule has 2 aromatic rings. The average Bonchev–Trinajstić information content (AvgIpc) is 2.53. The van der Waals surface area contributed by atoms with Crippen LogP contribution in [0.15, 0.2) is 29.0 Å². The lowest BCUT2D eigenvalue weighted by molar-refractivity contribution is 0.591. The minimum absolute atomic E-state index is 0.435. The molecule has 0 aromatic carbocycles. The van der Waals surface area contributed by atoms with E-state index in [1.807, 2.05) is 6.07 Å². The molecule has 0 radical (unpaired) electrons. The van der Waals surface area contributed by atoms with Gasteiger partial charge in [0, 0.05) is 10.7 Å². The smallest absolute Gasteiger partial charge is 0.211 e. The van der Waals surface area contributed by atoms with Gasteiger partial charge in [-0.1, -0.05) is 0 Å². The number of halogens is 2. The van der Waals surface area contributed by atoms with Crippen molar-refractivity contribution in [1.82, 2.24) is 15.0 Å². The van der Waals surface area contributed by atoms with Gasteiger partial charge in [0.1, 0.15) is 5.69 Å². The van der Waals surface area contributed by atoms with Crippen LogP contribution in [0.3, 0.4) is 0 Å². The maximum atomic E-state index is 12.5. The van der Waals surface area contributed by atoms with E-state index in [9.17, 15) is 4.39 Å². The highest BCUT2D eigenvalue weighted by molar-refractivity contribution is 9.10. The van der Waals surface area contributed by atoms with Gasteiger partial charge in [-0.25, -0.2) is 4.98 Å². The van der Waals surface area contributed by atoms with Crippen molar-refractivity contribution in [3.05, 3.63) is 34.9 Å². The van der Waals surface area contributed by atoms with E-state index in [4.69, 9.17) is 0 Å². The highest BCUT2D eigenvalue weighted by Crippen LogP contribution is 2.15. The topological polar surface area (TPSA) is 41.6 Å². The first-order valence-corrected chi connectivity index (χ1v) is 4.37. The van der Waals surface area contributed by atoms with Gasteiger partial charge in [0.25, 0.3) is 0 Å². The van der Waals surface area contributed by atoms with Crippen molar-refractivity contribution in [2.24, 2.45) is 0 Å². The summed E-state index contributed by atoms with van der Waals surface area (Å²) in [4.78, 5) is 10.3. The first kappa shape index (κ1) is 8.37. The number of aromatic amines is 1. The maximum absolute atomic E-state index is 12.5. The van der Waals surface area contributed by atoms with Gasteiger partial charge in [-0.15, -0.1) is 0 Å². The third-order valence-electron chi connectivity index (χ3n) is 1.51. The van der Waals surface area contributed by atoms with Crippen LogP contribution in [0.5, 0.6) is 0 Å². The number of nitrogens with one attached hydrogen (secondary N) is 1. The van der Waals surface area contributed by atoms with E-state index in [0.29, 0.717) is 11.5 Å². The lowest BCUT2D eigenvalue weighted by Gasteiger charge is -1.94. The number of hydrogen-bond acceptors (Lipinski definition) is 2. The molecule has 0 atom stereocenters. The van der Waals surface area contributed by atoms with Gasteiger partial charge in [-0.2, -0.15) is 4.39 Å². The Morgan fingerprint density at radius 3 is 2.62 bits per heavy atom. The zero-order valence-electron chi connectivity index (χ0n) is 6.46. The number of rotatable bonds is 1. The summed E-state index contributed by atoms with van der Waals surface area (Å²) in [5.74, 6) is -0.0234. The van der Waals surface area contributed by atoms with Gasteiger partial charge in [0.2, 0.25) is 5.95 Å². The van der Waals surface area contributed by atoms with E-state index in [0.717, 1.165) is 10.7 Å². The van der Waals surface area contributed by atoms with Crippen LogP contribution < -0.4 is 0 Å². The molecule has 0 aliphatic rings. The number of imidazole rings is 1. The average molecular weight is 242 g/mol. The number of pyridine rings is 1. The summed E-state index contributed by atoms with van der Waals surface area (Å²) < 4.78 is 13.4. The van der Waals surface area contributed by atoms with Crippen molar-refractivity contribution < 1.29 is 4.39 Å². The second kappa shape index (κ2) is 3.26. The van der Waals surface area contributed by atoms with E-state index in [1.165, 1.54) is 0 Å². The van der Waals surface area contributed by atoms with Gasteiger partial charge in [-0.05, 0) is 28.1 Å². The van der Waals surface area contributed by atoms with Gasteiger partial charge in [0.05, 0.1) is 6.20 Å². The first-order valence-electron chi connectivity index (χ1n) is 3.58. The summed E-state index contributed by atoms with van der Waals surface area (Å²) in [6.07, 6.45) is 2.76. The number of nitrogens with zero attached hydrogens (tertiary/aromatic N) is 2. The van der Waals surface area contributed by atoms with E-state index < -0.39 is 5.95 Å². The Kier molecular flexibility index (Phi) is 2.10. The fourth-order valence-corrected chi connectivity index (χ4v) is 1.18. The molecule has 66 valence electrons. The van der Waals surface area contributed by atoms with E-state index in [-0.39, 0.29) is 0 Å². The molecule has 2 aromatic heterocycles. The lowest BCUT2D eigenvalue weighted by Crippen LogP contribution is -1.84. The third kappa shape index (κ3) is 1.75. The summed E-state index contributed by atoms with van der Waals surface area (Å²) in [7, 11) is 0. The number of aromatic nitrogens is 3. The molecule has 2 rings (SSSR count). The van der Waals surface area contributed by atoms with Crippen LogP contribution in [0.1, 0.15) is 0 Å². The highest BCUT2D eigenvalue weighted by atomic mass is 79.9. The predicted molar refractivity (Wildman–Crippen MR) is 49.5 cm³/mol. The van der Waals surface area contributed by atoms with Crippen molar-refractivity contribution in [1.29, 1.82) is 0 Å². The molecule has 0 aliphatic carbocycles. The van der Waals surface area contributed by atoms with Crippen molar-refractivity contribution in [3.8, 4) is 11.5 Å². The highest BCUT2D eigenvalue weighted by Gasteiger charge is 2.03. The molecular weight excluding hydrogens is 237 g/mol. The van der Waals surface area contributed by atoms with Crippen LogP contribution in [0.4, 0.5) is 4.39 Å². The SMILES string of the molecule is Fc1cnc(-c2ccc(Br)cn2)[nH]1. The van der Waals surface area contributed by atoms with Crippen molar-refractivity contribution >= 4 is 15.9 Å².